The average molecular weight is 229 g/mol. The first-order chi connectivity index (χ1) is 8.24. The van der Waals surface area contributed by atoms with E-state index in [1.807, 2.05) is 12.1 Å². The molecule has 1 nitrogen and oxygen atoms in total. The molecule has 0 amide bonds. The Morgan fingerprint density at radius 3 is 2.65 bits per heavy atom. The molecule has 88 valence electrons. The molecule has 0 unspecified atom stereocenters. The molecule has 0 aromatic heterocycles. The van der Waals surface area contributed by atoms with Gasteiger partial charge in [0.1, 0.15) is 5.82 Å². The minimum atomic E-state index is -0.223. The molecule has 0 aliphatic carbocycles. The first-order valence-electron chi connectivity index (χ1n) is 5.82. The number of benzene rings is 2. The van der Waals surface area contributed by atoms with E-state index in [0.29, 0.717) is 6.54 Å². The van der Waals surface area contributed by atoms with Crippen LogP contribution in [-0.2, 0) is 13.0 Å². The fourth-order valence-corrected chi connectivity index (χ4v) is 1.95. The van der Waals surface area contributed by atoms with E-state index in [9.17, 15) is 4.39 Å². The summed E-state index contributed by atoms with van der Waals surface area (Å²) < 4.78 is 13.3. The van der Waals surface area contributed by atoms with Crippen molar-refractivity contribution in [2.45, 2.75) is 19.9 Å². The number of nitrogens with two attached hydrogens (primary N) is 1. The lowest BCUT2D eigenvalue weighted by Gasteiger charge is -2.09. The molecule has 2 aromatic carbocycles. The molecule has 0 aliphatic heterocycles. The lowest BCUT2D eigenvalue weighted by atomic mass is 9.97. The van der Waals surface area contributed by atoms with E-state index in [4.69, 9.17) is 5.73 Å². The molecule has 2 heteroatoms. The Labute approximate surface area is 101 Å². The Balaban J connectivity index is 2.54. The lowest BCUT2D eigenvalue weighted by Crippen LogP contribution is -1.99. The molecule has 0 aliphatic rings. The zero-order valence-corrected chi connectivity index (χ0v) is 9.91. The van der Waals surface area contributed by atoms with Gasteiger partial charge in [0.25, 0.3) is 0 Å². The molecule has 0 atom stereocenters. The van der Waals surface area contributed by atoms with Gasteiger partial charge in [0.05, 0.1) is 0 Å². The van der Waals surface area contributed by atoms with Gasteiger partial charge in [0.15, 0.2) is 0 Å². The third-order valence-electron chi connectivity index (χ3n) is 2.94. The maximum atomic E-state index is 13.3. The molecule has 17 heavy (non-hydrogen) atoms. The summed E-state index contributed by atoms with van der Waals surface area (Å²) in [6, 6.07) is 12.9. The topological polar surface area (TPSA) is 26.0 Å². The van der Waals surface area contributed by atoms with Crippen LogP contribution in [0.3, 0.4) is 0 Å². The molecule has 0 heterocycles. The summed E-state index contributed by atoms with van der Waals surface area (Å²) in [7, 11) is 0. The van der Waals surface area contributed by atoms with Crippen LogP contribution in [-0.4, -0.2) is 0 Å². The van der Waals surface area contributed by atoms with E-state index in [2.05, 4.69) is 19.1 Å². The van der Waals surface area contributed by atoms with Crippen LogP contribution in [0.25, 0.3) is 11.1 Å². The number of halogens is 1. The largest absolute Gasteiger partial charge is 0.326 e. The van der Waals surface area contributed by atoms with Crippen molar-refractivity contribution in [2.24, 2.45) is 5.73 Å². The van der Waals surface area contributed by atoms with Crippen molar-refractivity contribution in [2.75, 3.05) is 0 Å². The van der Waals surface area contributed by atoms with Crippen LogP contribution in [0.2, 0.25) is 0 Å². The summed E-state index contributed by atoms with van der Waals surface area (Å²) in [4.78, 5) is 0. The van der Waals surface area contributed by atoms with E-state index in [-0.39, 0.29) is 5.82 Å². The second-order valence-corrected chi connectivity index (χ2v) is 4.06. The van der Waals surface area contributed by atoms with Gasteiger partial charge in [-0.3, -0.25) is 0 Å². The lowest BCUT2D eigenvalue weighted by molar-refractivity contribution is 0.627. The summed E-state index contributed by atoms with van der Waals surface area (Å²) in [6.45, 7) is 2.53. The fraction of sp³-hybridized carbons (Fsp3) is 0.200. The Bertz CT molecular complexity index is 520. The van der Waals surface area contributed by atoms with E-state index >= 15 is 0 Å². The molecule has 2 rings (SSSR count). The first kappa shape index (κ1) is 11.8. The van der Waals surface area contributed by atoms with Gasteiger partial charge in [-0.05, 0) is 40.8 Å². The van der Waals surface area contributed by atoms with E-state index in [1.165, 1.54) is 11.6 Å². The number of hydrogen-bond acceptors (Lipinski definition) is 1. The van der Waals surface area contributed by atoms with Gasteiger partial charge in [0.2, 0.25) is 0 Å². The van der Waals surface area contributed by atoms with Crippen LogP contribution in [0.15, 0.2) is 42.5 Å². The van der Waals surface area contributed by atoms with Crippen molar-refractivity contribution < 1.29 is 4.39 Å². The van der Waals surface area contributed by atoms with Crippen LogP contribution in [0.1, 0.15) is 18.1 Å². The molecule has 0 fully saturated rings. The van der Waals surface area contributed by atoms with E-state index in [0.717, 1.165) is 23.1 Å². The van der Waals surface area contributed by atoms with Gasteiger partial charge >= 0.3 is 0 Å². The zero-order chi connectivity index (χ0) is 12.3. The van der Waals surface area contributed by atoms with E-state index < -0.39 is 0 Å². The van der Waals surface area contributed by atoms with Crippen molar-refractivity contribution in [3.8, 4) is 11.1 Å². The second kappa shape index (κ2) is 5.11. The minimum absolute atomic E-state index is 0.223. The van der Waals surface area contributed by atoms with Crippen LogP contribution < -0.4 is 5.73 Å². The van der Waals surface area contributed by atoms with Crippen LogP contribution in [0, 0.1) is 5.82 Å². The van der Waals surface area contributed by atoms with Crippen molar-refractivity contribution >= 4 is 0 Å². The Morgan fingerprint density at radius 2 is 1.94 bits per heavy atom. The molecule has 0 bridgehead atoms. The summed E-state index contributed by atoms with van der Waals surface area (Å²) in [5.74, 6) is -0.223. The van der Waals surface area contributed by atoms with Crippen molar-refractivity contribution in [1.29, 1.82) is 0 Å². The standard InChI is InChI=1S/C15H16FN/c1-2-11-4-3-5-12(8-11)15-9-14(16)7-6-13(15)10-17/h3-9H,2,10,17H2,1H3. The SMILES string of the molecule is CCc1cccc(-c2cc(F)ccc2CN)c1. The molecule has 2 aromatic rings. The van der Waals surface area contributed by atoms with Crippen molar-refractivity contribution in [3.05, 3.63) is 59.4 Å². The Kier molecular flexibility index (Phi) is 3.55. The predicted molar refractivity (Wildman–Crippen MR) is 69.1 cm³/mol. The average Bonchev–Trinajstić information content (AvgIpc) is 2.39. The normalized spacial score (nSPS) is 10.5. The van der Waals surface area contributed by atoms with Crippen molar-refractivity contribution in [1.82, 2.24) is 0 Å². The number of hydrogen-bond donors (Lipinski definition) is 1. The summed E-state index contributed by atoms with van der Waals surface area (Å²) in [6.07, 6.45) is 0.973. The quantitative estimate of drug-likeness (QED) is 0.856. The van der Waals surface area contributed by atoms with E-state index in [1.54, 1.807) is 12.1 Å². The molecule has 0 radical (unpaired) electrons. The van der Waals surface area contributed by atoms with Gasteiger partial charge in [0, 0.05) is 6.54 Å². The fourth-order valence-electron chi connectivity index (χ4n) is 1.95. The highest BCUT2D eigenvalue weighted by molar-refractivity contribution is 5.68. The monoisotopic (exact) mass is 229 g/mol. The van der Waals surface area contributed by atoms with Gasteiger partial charge in [-0.2, -0.15) is 0 Å². The smallest absolute Gasteiger partial charge is 0.123 e. The van der Waals surface area contributed by atoms with Crippen LogP contribution in [0.5, 0.6) is 0 Å². The van der Waals surface area contributed by atoms with Crippen LogP contribution in [0.4, 0.5) is 4.39 Å². The van der Waals surface area contributed by atoms with Gasteiger partial charge < -0.3 is 5.73 Å². The zero-order valence-electron chi connectivity index (χ0n) is 9.91. The predicted octanol–water partition coefficient (Wildman–Crippen LogP) is 3.51. The second-order valence-electron chi connectivity index (χ2n) is 4.06. The third kappa shape index (κ3) is 2.53. The van der Waals surface area contributed by atoms with Crippen molar-refractivity contribution in [3.63, 3.8) is 0 Å². The molecule has 0 spiro atoms. The highest BCUT2D eigenvalue weighted by Gasteiger charge is 2.06. The number of aryl methyl sites for hydroxylation is 1. The maximum absolute atomic E-state index is 13.3. The Morgan fingerprint density at radius 1 is 1.12 bits per heavy atom. The highest BCUT2D eigenvalue weighted by atomic mass is 19.1. The molecule has 2 N–H and O–H groups in total. The molecular weight excluding hydrogens is 213 g/mol. The molecule has 0 saturated heterocycles. The van der Waals surface area contributed by atoms with Gasteiger partial charge in [-0.25, -0.2) is 4.39 Å². The summed E-state index contributed by atoms with van der Waals surface area (Å²) in [5.41, 5.74) is 9.83. The number of rotatable bonds is 3. The molecular formula is C15H16FN. The van der Waals surface area contributed by atoms with Gasteiger partial charge in [-0.1, -0.05) is 37.3 Å². The van der Waals surface area contributed by atoms with Gasteiger partial charge in [-0.15, -0.1) is 0 Å². The minimum Gasteiger partial charge on any atom is -0.326 e. The third-order valence-corrected chi connectivity index (χ3v) is 2.94. The highest BCUT2D eigenvalue weighted by Crippen LogP contribution is 2.25. The molecule has 0 saturated carbocycles. The van der Waals surface area contributed by atoms with Crippen LogP contribution >= 0.6 is 0 Å². The Hall–Kier alpha value is -1.67. The summed E-state index contributed by atoms with van der Waals surface area (Å²) in [5, 5.41) is 0. The maximum Gasteiger partial charge on any atom is 0.123 e. The first-order valence-corrected chi connectivity index (χ1v) is 5.82. The summed E-state index contributed by atoms with van der Waals surface area (Å²) >= 11 is 0.